The highest BCUT2D eigenvalue weighted by molar-refractivity contribution is 7.91. The number of nitrogens with one attached hydrogen (secondary N) is 3. The average molecular weight is 718 g/mol. The molecule has 2 saturated carbocycles. The summed E-state index contributed by atoms with van der Waals surface area (Å²) >= 11 is 6.23. The standard InChI is InChI=1S/C34H44ClN5O8S/c1-8-20-17-34(20,30(43)39-49(45,46)23-10-11-23)38-28(41)25-16-22(47-21-9-12-24-19(15-21)13-14-36-27(24)35)18-40(25)29(42)26(32(2,3)4)37-31(44)48-33(5,6)7/h8-9,12-15,20,22-23,25-26H,1,10-11,16-18H2,2-7H3,(H,37,44)(H,38,41)(H,39,43)/t20-,22-,25-,26-,34+/m1/s1. The summed E-state index contributed by atoms with van der Waals surface area (Å²) in [6.07, 6.45) is 2.73. The maximum atomic E-state index is 14.3. The molecule has 15 heteroatoms. The number of carbonyl (C=O) groups is 4. The van der Waals surface area contributed by atoms with Crippen molar-refractivity contribution >= 4 is 56.2 Å². The van der Waals surface area contributed by atoms with Crippen molar-refractivity contribution < 1.29 is 37.1 Å². The second kappa shape index (κ2) is 13.1. The van der Waals surface area contributed by atoms with Gasteiger partial charge in [-0.25, -0.2) is 18.2 Å². The van der Waals surface area contributed by atoms with Gasteiger partial charge in [-0.1, -0.05) is 38.4 Å². The molecule has 2 aromatic rings. The van der Waals surface area contributed by atoms with E-state index in [1.165, 1.54) is 11.0 Å². The minimum absolute atomic E-state index is 0.0191. The number of amides is 4. The monoisotopic (exact) mass is 717 g/mol. The molecule has 49 heavy (non-hydrogen) atoms. The maximum absolute atomic E-state index is 14.3. The zero-order valence-corrected chi connectivity index (χ0v) is 30.1. The lowest BCUT2D eigenvalue weighted by atomic mass is 9.85. The topological polar surface area (TPSA) is 173 Å². The number of rotatable bonds is 10. The molecule has 266 valence electrons. The number of nitrogens with zero attached hydrogens (tertiary/aromatic N) is 2. The van der Waals surface area contributed by atoms with Crippen LogP contribution in [-0.2, 0) is 29.1 Å². The second-order valence-corrected chi connectivity index (χ2v) is 17.4. The normalized spacial score (nSPS) is 24.5. The summed E-state index contributed by atoms with van der Waals surface area (Å²) < 4.78 is 39.1. The first-order chi connectivity index (χ1) is 22.7. The molecule has 3 N–H and O–H groups in total. The van der Waals surface area contributed by atoms with Crippen molar-refractivity contribution in [2.45, 2.75) is 102 Å². The van der Waals surface area contributed by atoms with Crippen LogP contribution in [0.4, 0.5) is 4.79 Å². The number of carbonyl (C=O) groups excluding carboxylic acids is 4. The summed E-state index contributed by atoms with van der Waals surface area (Å²) in [6, 6.07) is 4.82. The Kier molecular flexibility index (Phi) is 9.71. The molecule has 1 aromatic carbocycles. The number of halogens is 1. The summed E-state index contributed by atoms with van der Waals surface area (Å²) in [5.74, 6) is -2.10. The molecule has 1 saturated heterocycles. The molecule has 1 aromatic heterocycles. The number of alkyl carbamates (subject to hydrolysis) is 1. The van der Waals surface area contributed by atoms with E-state index < -0.39 is 79.7 Å². The number of hydrogen-bond donors (Lipinski definition) is 3. The lowest BCUT2D eigenvalue weighted by Crippen LogP contribution is -2.60. The average Bonchev–Trinajstić information content (AvgIpc) is 3.91. The van der Waals surface area contributed by atoms with Crippen molar-refractivity contribution in [2.75, 3.05) is 6.54 Å². The van der Waals surface area contributed by atoms with Crippen LogP contribution in [0.15, 0.2) is 43.1 Å². The molecular weight excluding hydrogens is 674 g/mol. The third kappa shape index (κ3) is 8.12. The molecule has 4 amide bonds. The van der Waals surface area contributed by atoms with Crippen LogP contribution in [0, 0.1) is 11.3 Å². The first-order valence-electron chi connectivity index (χ1n) is 16.3. The molecule has 13 nitrogen and oxygen atoms in total. The maximum Gasteiger partial charge on any atom is 0.408 e. The zero-order chi connectivity index (χ0) is 36.1. The van der Waals surface area contributed by atoms with E-state index in [4.69, 9.17) is 21.1 Å². The van der Waals surface area contributed by atoms with Gasteiger partial charge in [0.1, 0.15) is 40.2 Å². The highest BCUT2D eigenvalue weighted by Gasteiger charge is 2.62. The Labute approximate surface area is 291 Å². The lowest BCUT2D eigenvalue weighted by Gasteiger charge is -2.36. The van der Waals surface area contributed by atoms with E-state index in [2.05, 4.69) is 26.9 Å². The fourth-order valence-corrected chi connectivity index (χ4v) is 7.61. The van der Waals surface area contributed by atoms with Gasteiger partial charge in [0.05, 0.1) is 11.8 Å². The predicted octanol–water partition coefficient (Wildman–Crippen LogP) is 3.85. The van der Waals surface area contributed by atoms with Gasteiger partial charge in [0.15, 0.2) is 0 Å². The Morgan fingerprint density at radius 1 is 1.12 bits per heavy atom. The first kappa shape index (κ1) is 36.4. The summed E-state index contributed by atoms with van der Waals surface area (Å²) in [4.78, 5) is 60.2. The smallest absolute Gasteiger partial charge is 0.408 e. The fourth-order valence-electron chi connectivity index (χ4n) is 6.02. The Hall–Kier alpha value is -3.91. The van der Waals surface area contributed by atoms with Gasteiger partial charge in [0.2, 0.25) is 21.8 Å². The van der Waals surface area contributed by atoms with E-state index in [1.54, 1.807) is 72.0 Å². The van der Waals surface area contributed by atoms with Crippen molar-refractivity contribution in [3.05, 3.63) is 48.3 Å². The lowest BCUT2D eigenvalue weighted by molar-refractivity contribution is -0.143. The van der Waals surface area contributed by atoms with Crippen molar-refractivity contribution in [1.29, 1.82) is 0 Å². The minimum Gasteiger partial charge on any atom is -0.488 e. The van der Waals surface area contributed by atoms with Gasteiger partial charge >= 0.3 is 6.09 Å². The van der Waals surface area contributed by atoms with E-state index >= 15 is 0 Å². The van der Waals surface area contributed by atoms with Gasteiger partial charge in [-0.15, -0.1) is 6.58 Å². The molecule has 0 unspecified atom stereocenters. The highest BCUT2D eigenvalue weighted by Crippen LogP contribution is 2.45. The summed E-state index contributed by atoms with van der Waals surface area (Å²) in [5, 5.41) is 6.67. The number of pyridine rings is 1. The Balaban J connectivity index is 1.42. The first-order valence-corrected chi connectivity index (χ1v) is 18.2. The number of benzene rings is 1. The number of hydrogen-bond acceptors (Lipinski definition) is 9. The summed E-state index contributed by atoms with van der Waals surface area (Å²) in [6.45, 7) is 14.2. The van der Waals surface area contributed by atoms with Gasteiger partial charge in [0, 0.05) is 23.9 Å². The number of aromatic nitrogens is 1. The Bertz CT molecular complexity index is 1780. The number of likely N-dealkylation sites (tertiary alicyclic amines) is 1. The Morgan fingerprint density at radius 2 is 1.82 bits per heavy atom. The van der Waals surface area contributed by atoms with Crippen LogP contribution in [0.1, 0.15) is 67.2 Å². The zero-order valence-electron chi connectivity index (χ0n) is 28.5. The van der Waals surface area contributed by atoms with Gasteiger partial charge in [-0.05, 0) is 75.1 Å². The van der Waals surface area contributed by atoms with Gasteiger partial charge < -0.3 is 25.0 Å². The van der Waals surface area contributed by atoms with Crippen molar-refractivity contribution in [2.24, 2.45) is 11.3 Å². The van der Waals surface area contributed by atoms with Crippen molar-refractivity contribution in [1.82, 2.24) is 25.2 Å². The SMILES string of the molecule is C=C[C@@H]1C[C@@]1(NC(=O)[C@H]1C[C@@H](Oc2ccc3c(Cl)nccc3c2)CN1C(=O)[C@@H](NC(=O)OC(C)(C)C)C(C)(C)C)C(=O)NS(=O)(=O)C1CC1. The highest BCUT2D eigenvalue weighted by atomic mass is 35.5. The van der Waals surface area contributed by atoms with E-state index in [1.807, 2.05) is 0 Å². The molecule has 3 aliphatic rings. The summed E-state index contributed by atoms with van der Waals surface area (Å²) in [5.41, 5.74) is -3.17. The van der Waals surface area contributed by atoms with Crippen LogP contribution in [0.2, 0.25) is 5.15 Å². The second-order valence-electron chi connectivity index (χ2n) is 15.1. The third-order valence-corrected chi connectivity index (χ3v) is 11.0. The number of sulfonamides is 1. The van der Waals surface area contributed by atoms with Crippen molar-refractivity contribution in [3.8, 4) is 5.75 Å². The fraction of sp³-hybridized carbons (Fsp3) is 0.559. The van der Waals surface area contributed by atoms with E-state index in [-0.39, 0.29) is 19.4 Å². The van der Waals surface area contributed by atoms with E-state index in [0.717, 1.165) is 10.8 Å². The van der Waals surface area contributed by atoms with Crippen LogP contribution >= 0.6 is 11.6 Å². The van der Waals surface area contributed by atoms with Gasteiger partial charge in [-0.2, -0.15) is 0 Å². The molecule has 1 aliphatic heterocycles. The molecule has 2 aliphatic carbocycles. The minimum atomic E-state index is -3.89. The molecule has 2 heterocycles. The van der Waals surface area contributed by atoms with Gasteiger partial charge in [0.25, 0.3) is 5.91 Å². The van der Waals surface area contributed by atoms with E-state index in [0.29, 0.717) is 23.7 Å². The Morgan fingerprint density at radius 3 is 2.41 bits per heavy atom. The molecule has 5 rings (SSSR count). The molecule has 0 spiro atoms. The largest absolute Gasteiger partial charge is 0.488 e. The number of ether oxygens (including phenoxy) is 2. The number of fused-ring (bicyclic) bond motifs is 1. The molecule has 5 atom stereocenters. The van der Waals surface area contributed by atoms with Crippen LogP contribution in [0.5, 0.6) is 5.75 Å². The van der Waals surface area contributed by atoms with Crippen LogP contribution in [0.3, 0.4) is 0 Å². The van der Waals surface area contributed by atoms with E-state index in [9.17, 15) is 27.6 Å². The molecule has 0 radical (unpaired) electrons. The quantitative estimate of drug-likeness (QED) is 0.244. The van der Waals surface area contributed by atoms with Crippen LogP contribution < -0.4 is 20.1 Å². The molecule has 3 fully saturated rings. The van der Waals surface area contributed by atoms with Crippen molar-refractivity contribution in [3.63, 3.8) is 0 Å². The predicted molar refractivity (Wildman–Crippen MR) is 183 cm³/mol. The molecule has 0 bridgehead atoms. The third-order valence-electron chi connectivity index (χ3n) is 8.86. The van der Waals surface area contributed by atoms with Gasteiger partial charge in [-0.3, -0.25) is 19.1 Å². The van der Waals surface area contributed by atoms with Crippen LogP contribution in [0.25, 0.3) is 10.8 Å². The molecular formula is C34H44ClN5O8S. The van der Waals surface area contributed by atoms with Crippen LogP contribution in [-0.4, -0.2) is 83.2 Å². The summed E-state index contributed by atoms with van der Waals surface area (Å²) in [7, 11) is -3.89.